The van der Waals surface area contributed by atoms with Crippen LogP contribution >= 0.6 is 7.82 Å². The van der Waals surface area contributed by atoms with E-state index in [4.69, 9.17) is 18.5 Å². The molecule has 0 aliphatic carbocycles. The predicted octanol–water partition coefficient (Wildman–Crippen LogP) is 21.6. The molecule has 0 saturated heterocycles. The highest BCUT2D eigenvalue weighted by Crippen LogP contribution is 2.43. The average molecular weight is 1190 g/mol. The van der Waals surface area contributed by atoms with Crippen molar-refractivity contribution in [2.45, 2.75) is 251 Å². The highest BCUT2D eigenvalue weighted by Gasteiger charge is 2.27. The number of rotatable bonds is 59. The van der Waals surface area contributed by atoms with Crippen LogP contribution in [-0.4, -0.2) is 74.9 Å². The van der Waals surface area contributed by atoms with Crippen LogP contribution in [0.3, 0.4) is 0 Å². The lowest BCUT2D eigenvalue weighted by Gasteiger charge is -2.24. The van der Waals surface area contributed by atoms with Crippen molar-refractivity contribution in [1.29, 1.82) is 0 Å². The summed E-state index contributed by atoms with van der Waals surface area (Å²) >= 11 is 0. The first kappa shape index (κ1) is 79.6. The summed E-state index contributed by atoms with van der Waals surface area (Å²) in [6.45, 7) is 4.19. The molecule has 0 radical (unpaired) electrons. The van der Waals surface area contributed by atoms with Gasteiger partial charge in [0.15, 0.2) is 6.10 Å². The second-order valence-electron chi connectivity index (χ2n) is 22.7. The van der Waals surface area contributed by atoms with Gasteiger partial charge in [0.25, 0.3) is 0 Å². The molecule has 84 heavy (non-hydrogen) atoms. The number of esters is 2. The van der Waals surface area contributed by atoms with Crippen LogP contribution in [0.2, 0.25) is 0 Å². The second-order valence-corrected chi connectivity index (χ2v) is 24.2. The molecule has 0 saturated carbocycles. The summed E-state index contributed by atoms with van der Waals surface area (Å²) in [4.78, 5) is 35.8. The maximum absolute atomic E-state index is 12.9. The van der Waals surface area contributed by atoms with E-state index in [2.05, 4.69) is 172 Å². The molecule has 476 valence electrons. The Bertz CT molecular complexity index is 1970. The number of carbonyl (C=O) groups is 2. The van der Waals surface area contributed by atoms with Crippen LogP contribution in [0.5, 0.6) is 0 Å². The molecule has 0 amide bonds. The van der Waals surface area contributed by atoms with Crippen LogP contribution in [-0.2, 0) is 32.7 Å². The minimum Gasteiger partial charge on any atom is -0.462 e. The Morgan fingerprint density at radius 2 is 0.643 bits per heavy atom. The number of phosphoric ester groups is 1. The van der Waals surface area contributed by atoms with E-state index in [9.17, 15) is 19.0 Å². The van der Waals surface area contributed by atoms with Gasteiger partial charge >= 0.3 is 19.8 Å². The van der Waals surface area contributed by atoms with E-state index < -0.39 is 26.5 Å². The molecule has 0 aromatic heterocycles. The Morgan fingerprint density at radius 3 is 0.952 bits per heavy atom. The molecular weight excluding hydrogens is 1060 g/mol. The molecule has 0 spiro atoms. The topological polar surface area (TPSA) is 108 Å². The molecule has 1 N–H and O–H groups in total. The molecular formula is C74H123NO8P+. The predicted molar refractivity (Wildman–Crippen MR) is 362 cm³/mol. The van der Waals surface area contributed by atoms with Crippen molar-refractivity contribution in [1.82, 2.24) is 0 Å². The smallest absolute Gasteiger partial charge is 0.462 e. The van der Waals surface area contributed by atoms with Gasteiger partial charge in [-0.1, -0.05) is 268 Å². The molecule has 9 nitrogen and oxygen atoms in total. The van der Waals surface area contributed by atoms with Gasteiger partial charge in [-0.15, -0.1) is 0 Å². The van der Waals surface area contributed by atoms with Gasteiger partial charge in [-0.2, -0.15) is 0 Å². The summed E-state index contributed by atoms with van der Waals surface area (Å²) in [5.74, 6) is -0.817. The van der Waals surface area contributed by atoms with Gasteiger partial charge in [-0.3, -0.25) is 18.6 Å². The SMILES string of the molecule is CC/C=C\C/C=C\C/C=C\C/C=C\C/C=C\C/C=C\C/C=C\C/C=C\C/C=C\CCCCCCCCCCCC(=O)OC(COC(=O)CCCCCCCCCCCC/C=C\C/C=C\C/C=C\C/C=C\CC)COP(=O)(O)OCC[N+](C)(C)C. The lowest BCUT2D eigenvalue weighted by Crippen LogP contribution is -2.37. The van der Waals surface area contributed by atoms with Gasteiger partial charge in [0.2, 0.25) is 0 Å². The molecule has 0 aromatic carbocycles. The maximum Gasteiger partial charge on any atom is 0.472 e. The van der Waals surface area contributed by atoms with Gasteiger partial charge in [0.1, 0.15) is 19.8 Å². The summed E-state index contributed by atoms with van der Waals surface area (Å²) in [6, 6.07) is 0. The number of hydrogen-bond donors (Lipinski definition) is 1. The van der Waals surface area contributed by atoms with E-state index >= 15 is 0 Å². The van der Waals surface area contributed by atoms with Crippen molar-refractivity contribution in [2.75, 3.05) is 47.5 Å². The monoisotopic (exact) mass is 1180 g/mol. The molecule has 10 heteroatoms. The van der Waals surface area contributed by atoms with Gasteiger partial charge in [-0.05, 0) is 122 Å². The minimum absolute atomic E-state index is 0.0217. The van der Waals surface area contributed by atoms with Crippen LogP contribution in [0, 0.1) is 0 Å². The number of quaternary nitrogens is 1. The van der Waals surface area contributed by atoms with Crippen molar-refractivity contribution >= 4 is 19.8 Å². The van der Waals surface area contributed by atoms with E-state index in [0.29, 0.717) is 17.4 Å². The standard InChI is InChI=1S/C74H122NO8P/c1-6-8-10-12-14-16-18-20-22-24-26-28-30-31-32-33-34-35-36-37-38-39-40-41-42-43-45-47-49-51-53-55-57-59-61-63-65-67-74(77)83-72(71-82-84(78,79)81-69-68-75(3,4)5)70-80-73(76)66-64-62-60-58-56-54-52-50-48-46-44-29-27-25-23-21-19-17-15-13-11-9-7-2/h8-11,14-17,20-23,26-29,31-32,34-35,37-38,40-41,43,45,72H,6-7,12-13,18-19,24-25,30,33,36,39,42,44,46-71H2,1-5H3/p+1/b10-8-,11-9-,16-14-,17-15-,22-20-,23-21-,28-26-,29-27-,32-31-,35-34-,38-37-,41-40-,45-43-. The Balaban J connectivity index is 4.15. The van der Waals surface area contributed by atoms with Crippen LogP contribution in [0.25, 0.3) is 0 Å². The molecule has 0 bridgehead atoms. The summed E-state index contributed by atoms with van der Waals surface area (Å²) < 4.78 is 34.7. The fraction of sp³-hybridized carbons (Fsp3) is 0.622. The molecule has 0 aliphatic heterocycles. The number of carbonyl (C=O) groups excluding carboxylic acids is 2. The van der Waals surface area contributed by atoms with E-state index in [-0.39, 0.29) is 32.0 Å². The van der Waals surface area contributed by atoms with Gasteiger partial charge < -0.3 is 18.9 Å². The molecule has 0 heterocycles. The Kier molecular flexibility index (Phi) is 59.9. The van der Waals surface area contributed by atoms with Crippen molar-refractivity contribution in [2.24, 2.45) is 0 Å². The van der Waals surface area contributed by atoms with Gasteiger partial charge in [-0.25, -0.2) is 4.57 Å². The number of allylic oxidation sites excluding steroid dienone is 26. The highest BCUT2D eigenvalue weighted by atomic mass is 31.2. The van der Waals surface area contributed by atoms with Crippen LogP contribution < -0.4 is 0 Å². The molecule has 0 aromatic rings. The number of unbranched alkanes of at least 4 members (excludes halogenated alkanes) is 19. The van der Waals surface area contributed by atoms with Crippen molar-refractivity contribution in [3.63, 3.8) is 0 Å². The lowest BCUT2D eigenvalue weighted by atomic mass is 10.1. The van der Waals surface area contributed by atoms with Crippen molar-refractivity contribution in [3.8, 4) is 0 Å². The fourth-order valence-electron chi connectivity index (χ4n) is 8.53. The molecule has 0 fully saturated rings. The van der Waals surface area contributed by atoms with Gasteiger partial charge in [0, 0.05) is 12.8 Å². The lowest BCUT2D eigenvalue weighted by molar-refractivity contribution is -0.870. The zero-order chi connectivity index (χ0) is 61.2. The number of ether oxygens (including phenoxy) is 2. The summed E-state index contributed by atoms with van der Waals surface area (Å²) in [5.41, 5.74) is 0. The van der Waals surface area contributed by atoms with Crippen LogP contribution in [0.1, 0.15) is 245 Å². The Morgan fingerprint density at radius 1 is 0.369 bits per heavy atom. The first-order valence-corrected chi connectivity index (χ1v) is 34.7. The largest absolute Gasteiger partial charge is 0.472 e. The summed E-state index contributed by atoms with van der Waals surface area (Å²) in [6.07, 6.45) is 94.7. The highest BCUT2D eigenvalue weighted by molar-refractivity contribution is 7.47. The molecule has 2 atom stereocenters. The minimum atomic E-state index is -4.40. The molecule has 0 rings (SSSR count). The van der Waals surface area contributed by atoms with E-state index in [1.165, 1.54) is 70.6 Å². The first-order chi connectivity index (χ1) is 41.0. The van der Waals surface area contributed by atoms with E-state index in [1.54, 1.807) is 0 Å². The number of phosphoric acid groups is 1. The normalized spacial score (nSPS) is 14.2. The van der Waals surface area contributed by atoms with Gasteiger partial charge in [0.05, 0.1) is 27.7 Å². The molecule has 2 unspecified atom stereocenters. The van der Waals surface area contributed by atoms with Crippen LogP contribution in [0.15, 0.2) is 158 Å². The fourth-order valence-corrected chi connectivity index (χ4v) is 9.27. The average Bonchev–Trinajstić information content (AvgIpc) is 3.61. The number of nitrogens with zero attached hydrogens (tertiary/aromatic N) is 1. The summed E-state index contributed by atoms with van der Waals surface area (Å²) in [5, 5.41) is 0. The Labute approximate surface area is 516 Å². The number of likely N-dealkylation sites (N-methyl/N-ethyl adjacent to an activating group) is 1. The quantitative estimate of drug-likeness (QED) is 0.0211. The third-order valence-corrected chi connectivity index (χ3v) is 14.5. The molecule has 0 aliphatic rings. The zero-order valence-electron chi connectivity index (χ0n) is 54.1. The zero-order valence-corrected chi connectivity index (χ0v) is 55.0. The third kappa shape index (κ3) is 66.8. The maximum atomic E-state index is 12.9. The third-order valence-electron chi connectivity index (χ3n) is 13.6. The van der Waals surface area contributed by atoms with Crippen molar-refractivity contribution < 1.29 is 42.1 Å². The second kappa shape index (κ2) is 63.1. The van der Waals surface area contributed by atoms with Crippen molar-refractivity contribution in [3.05, 3.63) is 158 Å². The van der Waals surface area contributed by atoms with Crippen LogP contribution in [0.4, 0.5) is 0 Å². The summed E-state index contributed by atoms with van der Waals surface area (Å²) in [7, 11) is 1.45. The Hall–Kier alpha value is -4.37. The first-order valence-electron chi connectivity index (χ1n) is 33.2. The van der Waals surface area contributed by atoms with E-state index in [1.807, 2.05) is 21.1 Å². The van der Waals surface area contributed by atoms with E-state index in [0.717, 1.165) is 141 Å². The number of hydrogen-bond acceptors (Lipinski definition) is 7.